The number of benzene rings is 1. The van der Waals surface area contributed by atoms with Crippen molar-refractivity contribution >= 4 is 23.1 Å². The van der Waals surface area contributed by atoms with Crippen LogP contribution in [-0.2, 0) is 6.42 Å². The third-order valence-electron chi connectivity index (χ3n) is 2.96. The minimum absolute atomic E-state index is 0.0919. The molecule has 2 heterocycles. The molecule has 2 aromatic rings. The molecule has 1 aliphatic heterocycles. The quantitative estimate of drug-likeness (QED) is 0.659. The van der Waals surface area contributed by atoms with Crippen molar-refractivity contribution in [3.63, 3.8) is 0 Å². The number of hydrogen-bond acceptors (Lipinski definition) is 2. The SMILES string of the molecule is O=Cc1c2n(c3ccccc13)C(=O)CC2. The van der Waals surface area contributed by atoms with E-state index in [9.17, 15) is 9.59 Å². The van der Waals surface area contributed by atoms with Crippen LogP contribution in [0.4, 0.5) is 0 Å². The van der Waals surface area contributed by atoms with Crippen LogP contribution in [0.3, 0.4) is 0 Å². The van der Waals surface area contributed by atoms with Gasteiger partial charge in [-0.25, -0.2) is 0 Å². The Balaban J connectivity index is 2.52. The lowest BCUT2D eigenvalue weighted by Gasteiger charge is -1.96. The molecule has 0 aliphatic carbocycles. The summed E-state index contributed by atoms with van der Waals surface area (Å²) < 4.78 is 1.68. The van der Waals surface area contributed by atoms with E-state index >= 15 is 0 Å². The van der Waals surface area contributed by atoms with Gasteiger partial charge in [0, 0.05) is 23.1 Å². The van der Waals surface area contributed by atoms with Gasteiger partial charge in [-0.3, -0.25) is 14.2 Å². The van der Waals surface area contributed by atoms with Gasteiger partial charge in [-0.1, -0.05) is 18.2 Å². The van der Waals surface area contributed by atoms with Crippen LogP contribution < -0.4 is 0 Å². The fourth-order valence-electron chi connectivity index (χ4n) is 2.32. The molecule has 0 atom stereocenters. The molecule has 1 aliphatic rings. The van der Waals surface area contributed by atoms with Crippen molar-refractivity contribution in [2.45, 2.75) is 12.8 Å². The first kappa shape index (κ1) is 8.41. The smallest absolute Gasteiger partial charge is 0.231 e. The van der Waals surface area contributed by atoms with Crippen LogP contribution in [0, 0.1) is 0 Å². The maximum Gasteiger partial charge on any atom is 0.231 e. The molecular formula is C12H9NO2. The highest BCUT2D eigenvalue weighted by Crippen LogP contribution is 2.29. The summed E-state index contributed by atoms with van der Waals surface area (Å²) in [5.74, 6) is 0.0919. The van der Waals surface area contributed by atoms with Crippen molar-refractivity contribution in [1.29, 1.82) is 0 Å². The topological polar surface area (TPSA) is 39.1 Å². The lowest BCUT2D eigenvalue weighted by molar-refractivity contribution is 0.0928. The van der Waals surface area contributed by atoms with E-state index in [1.54, 1.807) is 4.57 Å². The molecule has 3 rings (SSSR count). The van der Waals surface area contributed by atoms with Crippen molar-refractivity contribution in [2.24, 2.45) is 0 Å². The van der Waals surface area contributed by atoms with E-state index in [4.69, 9.17) is 0 Å². The van der Waals surface area contributed by atoms with E-state index in [1.165, 1.54) is 0 Å². The van der Waals surface area contributed by atoms with Gasteiger partial charge in [-0.2, -0.15) is 0 Å². The van der Waals surface area contributed by atoms with Gasteiger partial charge in [0.1, 0.15) is 0 Å². The predicted molar refractivity (Wildman–Crippen MR) is 56.3 cm³/mol. The minimum Gasteiger partial charge on any atom is -0.298 e. The first-order valence-corrected chi connectivity index (χ1v) is 4.93. The van der Waals surface area contributed by atoms with Gasteiger partial charge in [-0.05, 0) is 12.5 Å². The second-order valence-electron chi connectivity index (χ2n) is 3.72. The Morgan fingerprint density at radius 1 is 1.20 bits per heavy atom. The van der Waals surface area contributed by atoms with Crippen molar-refractivity contribution in [3.8, 4) is 0 Å². The summed E-state index contributed by atoms with van der Waals surface area (Å²) in [4.78, 5) is 22.7. The zero-order valence-electron chi connectivity index (χ0n) is 8.06. The highest BCUT2D eigenvalue weighted by Gasteiger charge is 2.25. The fraction of sp³-hybridized carbons (Fsp3) is 0.167. The lowest BCUT2D eigenvalue weighted by Crippen LogP contribution is -2.02. The molecule has 3 heteroatoms. The summed E-state index contributed by atoms with van der Waals surface area (Å²) in [7, 11) is 0. The first-order chi connectivity index (χ1) is 7.33. The molecule has 0 fully saturated rings. The Labute approximate surface area is 86.3 Å². The molecular weight excluding hydrogens is 190 g/mol. The van der Waals surface area contributed by atoms with E-state index < -0.39 is 0 Å². The maximum absolute atomic E-state index is 11.7. The van der Waals surface area contributed by atoms with Gasteiger partial charge in [0.2, 0.25) is 5.91 Å². The van der Waals surface area contributed by atoms with Crippen molar-refractivity contribution < 1.29 is 9.59 Å². The number of nitrogens with zero attached hydrogens (tertiary/aromatic N) is 1. The van der Waals surface area contributed by atoms with Crippen LogP contribution in [0.15, 0.2) is 24.3 Å². The fourth-order valence-corrected chi connectivity index (χ4v) is 2.32. The molecule has 0 radical (unpaired) electrons. The van der Waals surface area contributed by atoms with E-state index in [0.29, 0.717) is 18.4 Å². The van der Waals surface area contributed by atoms with Gasteiger partial charge >= 0.3 is 0 Å². The Morgan fingerprint density at radius 2 is 2.00 bits per heavy atom. The number of rotatable bonds is 1. The van der Waals surface area contributed by atoms with Crippen LogP contribution in [0.1, 0.15) is 27.3 Å². The molecule has 15 heavy (non-hydrogen) atoms. The summed E-state index contributed by atoms with van der Waals surface area (Å²) in [6, 6.07) is 7.54. The van der Waals surface area contributed by atoms with Crippen LogP contribution in [-0.4, -0.2) is 16.8 Å². The lowest BCUT2D eigenvalue weighted by atomic mass is 10.1. The molecule has 1 aromatic carbocycles. The molecule has 0 spiro atoms. The molecule has 3 nitrogen and oxygen atoms in total. The Kier molecular flexibility index (Phi) is 1.57. The summed E-state index contributed by atoms with van der Waals surface area (Å²) >= 11 is 0. The molecule has 0 bridgehead atoms. The van der Waals surface area contributed by atoms with E-state index in [2.05, 4.69) is 0 Å². The van der Waals surface area contributed by atoms with Gasteiger partial charge in [-0.15, -0.1) is 0 Å². The third kappa shape index (κ3) is 0.947. The zero-order chi connectivity index (χ0) is 10.4. The average Bonchev–Trinajstić information content (AvgIpc) is 2.77. The molecule has 74 valence electrons. The van der Waals surface area contributed by atoms with Gasteiger partial charge in [0.15, 0.2) is 6.29 Å². The monoisotopic (exact) mass is 199 g/mol. The van der Waals surface area contributed by atoms with Crippen molar-refractivity contribution in [2.75, 3.05) is 0 Å². The Bertz CT molecular complexity index is 581. The van der Waals surface area contributed by atoms with E-state index in [1.807, 2.05) is 24.3 Å². The van der Waals surface area contributed by atoms with Gasteiger partial charge in [0.25, 0.3) is 0 Å². The summed E-state index contributed by atoms with van der Waals surface area (Å²) in [6.45, 7) is 0. The summed E-state index contributed by atoms with van der Waals surface area (Å²) in [5.41, 5.74) is 2.41. The van der Waals surface area contributed by atoms with Crippen molar-refractivity contribution in [3.05, 3.63) is 35.5 Å². The number of carbonyl (C=O) groups excluding carboxylic acids is 2. The normalized spacial score (nSPS) is 14.5. The highest BCUT2D eigenvalue weighted by atomic mass is 16.2. The second kappa shape index (κ2) is 2.79. The van der Waals surface area contributed by atoms with Gasteiger partial charge < -0.3 is 0 Å². The molecule has 0 N–H and O–H groups in total. The predicted octanol–water partition coefficient (Wildman–Crippen LogP) is 2.04. The Hall–Kier alpha value is -1.90. The van der Waals surface area contributed by atoms with E-state index in [-0.39, 0.29) is 5.91 Å². The van der Waals surface area contributed by atoms with E-state index in [0.717, 1.165) is 22.9 Å². The number of carbonyl (C=O) groups is 2. The maximum atomic E-state index is 11.7. The third-order valence-corrected chi connectivity index (χ3v) is 2.96. The number of hydrogen-bond donors (Lipinski definition) is 0. The largest absolute Gasteiger partial charge is 0.298 e. The standard InChI is InChI=1S/C12H9NO2/c14-7-9-8-3-1-2-4-10(8)13-11(9)5-6-12(13)15/h1-4,7H,5-6H2. The average molecular weight is 199 g/mol. The van der Waals surface area contributed by atoms with Crippen LogP contribution in [0.25, 0.3) is 10.9 Å². The number of aldehydes is 1. The summed E-state index contributed by atoms with van der Waals surface area (Å²) in [6.07, 6.45) is 2.05. The van der Waals surface area contributed by atoms with Crippen molar-refractivity contribution in [1.82, 2.24) is 4.57 Å². The number of para-hydroxylation sites is 1. The van der Waals surface area contributed by atoms with Crippen LogP contribution in [0.2, 0.25) is 0 Å². The Morgan fingerprint density at radius 3 is 2.80 bits per heavy atom. The number of fused-ring (bicyclic) bond motifs is 3. The molecule has 0 amide bonds. The van der Waals surface area contributed by atoms with Crippen LogP contribution >= 0.6 is 0 Å². The van der Waals surface area contributed by atoms with Gasteiger partial charge in [0.05, 0.1) is 5.52 Å². The molecule has 0 saturated carbocycles. The minimum atomic E-state index is 0.0919. The molecule has 1 aromatic heterocycles. The molecule has 0 saturated heterocycles. The summed E-state index contributed by atoms with van der Waals surface area (Å²) in [5, 5.41) is 0.885. The zero-order valence-corrected chi connectivity index (χ0v) is 8.06. The number of aromatic nitrogens is 1. The highest BCUT2D eigenvalue weighted by molar-refractivity contribution is 6.05. The van der Waals surface area contributed by atoms with Crippen LogP contribution in [0.5, 0.6) is 0 Å². The molecule has 0 unspecified atom stereocenters. The second-order valence-corrected chi connectivity index (χ2v) is 3.72. The first-order valence-electron chi connectivity index (χ1n) is 4.93.